The molecule has 26 heavy (non-hydrogen) atoms. The van der Waals surface area contributed by atoms with E-state index in [0.29, 0.717) is 12.2 Å². The van der Waals surface area contributed by atoms with E-state index in [-0.39, 0.29) is 12.3 Å². The number of nitrogens with zero attached hydrogens (tertiary/aromatic N) is 2. The maximum atomic E-state index is 13.9. The van der Waals surface area contributed by atoms with Crippen LogP contribution in [0, 0.1) is 5.82 Å². The lowest BCUT2D eigenvalue weighted by atomic mass is 10.2. The summed E-state index contributed by atoms with van der Waals surface area (Å²) in [5.41, 5.74) is 1.23. The molecule has 2 aromatic carbocycles. The van der Waals surface area contributed by atoms with Gasteiger partial charge in [-0.3, -0.25) is 4.90 Å². The summed E-state index contributed by atoms with van der Waals surface area (Å²) in [5.74, 6) is -0.170. The van der Waals surface area contributed by atoms with Gasteiger partial charge in [-0.1, -0.05) is 24.3 Å². The van der Waals surface area contributed by atoms with Crippen LogP contribution in [0.4, 0.5) is 10.1 Å². The van der Waals surface area contributed by atoms with Crippen LogP contribution in [0.1, 0.15) is 5.56 Å². The Balaban J connectivity index is 1.53. The Labute approximate surface area is 154 Å². The van der Waals surface area contributed by atoms with E-state index in [0.717, 1.165) is 44.2 Å². The second-order valence-corrected chi connectivity index (χ2v) is 6.59. The van der Waals surface area contributed by atoms with Crippen LogP contribution in [0.3, 0.4) is 0 Å². The number of nitrogens with one attached hydrogen (secondary N) is 1. The molecular formula is C20H26FN3O2. The van der Waals surface area contributed by atoms with Crippen LogP contribution in [0.5, 0.6) is 11.5 Å². The summed E-state index contributed by atoms with van der Waals surface area (Å²) >= 11 is 0. The molecule has 0 amide bonds. The smallest absolute Gasteiger partial charge is 0.169 e. The zero-order chi connectivity index (χ0) is 18.4. The van der Waals surface area contributed by atoms with Crippen molar-refractivity contribution in [1.82, 2.24) is 9.80 Å². The van der Waals surface area contributed by atoms with E-state index in [1.54, 1.807) is 12.1 Å². The third-order valence-corrected chi connectivity index (χ3v) is 4.68. The maximum absolute atomic E-state index is 13.9. The molecule has 140 valence electrons. The van der Waals surface area contributed by atoms with Crippen molar-refractivity contribution in [1.29, 1.82) is 0 Å². The van der Waals surface area contributed by atoms with Gasteiger partial charge in [0, 0.05) is 44.8 Å². The molecule has 2 aromatic rings. The molecule has 0 aromatic heterocycles. The summed E-state index contributed by atoms with van der Waals surface area (Å²) in [6, 6.07) is 12.3. The van der Waals surface area contributed by atoms with E-state index in [1.165, 1.54) is 6.07 Å². The number of phenolic OH excluding ortho intramolecular Hbond substituents is 1. The van der Waals surface area contributed by atoms with E-state index >= 15 is 0 Å². The molecule has 1 saturated heterocycles. The second-order valence-electron chi connectivity index (χ2n) is 6.59. The quantitative estimate of drug-likeness (QED) is 0.796. The summed E-state index contributed by atoms with van der Waals surface area (Å²) in [6.45, 7) is 6.10. The van der Waals surface area contributed by atoms with Crippen molar-refractivity contribution in [3.63, 3.8) is 0 Å². The highest BCUT2D eigenvalue weighted by atomic mass is 19.1. The van der Waals surface area contributed by atoms with Gasteiger partial charge in [-0.15, -0.1) is 0 Å². The molecule has 1 aliphatic rings. The van der Waals surface area contributed by atoms with Crippen LogP contribution in [0.15, 0.2) is 42.5 Å². The Kier molecular flexibility index (Phi) is 6.30. The number of hydrogen-bond acceptors (Lipinski definition) is 5. The first-order valence-corrected chi connectivity index (χ1v) is 8.96. The highest BCUT2D eigenvalue weighted by Crippen LogP contribution is 2.26. The van der Waals surface area contributed by atoms with Crippen LogP contribution in [0.25, 0.3) is 0 Å². The molecule has 0 bridgehead atoms. The molecule has 1 heterocycles. The van der Waals surface area contributed by atoms with Crippen molar-refractivity contribution >= 4 is 5.69 Å². The van der Waals surface area contributed by atoms with Gasteiger partial charge in [0.2, 0.25) is 0 Å². The largest absolute Gasteiger partial charge is 0.505 e. The van der Waals surface area contributed by atoms with Crippen LogP contribution in [-0.2, 0) is 6.54 Å². The number of para-hydroxylation sites is 2. The van der Waals surface area contributed by atoms with Crippen molar-refractivity contribution < 1.29 is 14.2 Å². The predicted molar refractivity (Wildman–Crippen MR) is 101 cm³/mol. The lowest BCUT2D eigenvalue weighted by Crippen LogP contribution is -2.45. The van der Waals surface area contributed by atoms with Gasteiger partial charge < -0.3 is 20.1 Å². The lowest BCUT2D eigenvalue weighted by Gasteiger charge is -2.32. The number of likely N-dealkylation sites (N-methyl/N-ethyl adjacent to an activating group) is 1. The summed E-state index contributed by atoms with van der Waals surface area (Å²) < 4.78 is 19.9. The Hall–Kier alpha value is -2.31. The third-order valence-electron chi connectivity index (χ3n) is 4.68. The average molecular weight is 359 g/mol. The van der Waals surface area contributed by atoms with Gasteiger partial charge in [-0.25, -0.2) is 4.39 Å². The minimum absolute atomic E-state index is 0.277. The predicted octanol–water partition coefficient (Wildman–Crippen LogP) is 2.77. The number of anilines is 1. The number of ether oxygens (including phenoxy) is 1. The van der Waals surface area contributed by atoms with Crippen molar-refractivity contribution in [2.24, 2.45) is 0 Å². The molecule has 3 rings (SSSR count). The van der Waals surface area contributed by atoms with Gasteiger partial charge >= 0.3 is 0 Å². The van der Waals surface area contributed by atoms with Crippen LogP contribution >= 0.6 is 0 Å². The normalized spacial score (nSPS) is 15.8. The molecular weight excluding hydrogens is 333 g/mol. The average Bonchev–Trinajstić information content (AvgIpc) is 2.65. The highest BCUT2D eigenvalue weighted by molar-refractivity contribution is 5.56. The monoisotopic (exact) mass is 359 g/mol. The third kappa shape index (κ3) is 4.86. The van der Waals surface area contributed by atoms with Gasteiger partial charge in [0.1, 0.15) is 12.4 Å². The fourth-order valence-electron chi connectivity index (χ4n) is 2.99. The van der Waals surface area contributed by atoms with Crippen molar-refractivity contribution in [2.75, 3.05) is 51.7 Å². The van der Waals surface area contributed by atoms with Crippen LogP contribution in [-0.4, -0.2) is 61.3 Å². The maximum Gasteiger partial charge on any atom is 0.169 e. The second kappa shape index (κ2) is 8.87. The Morgan fingerprint density at radius 3 is 2.65 bits per heavy atom. The van der Waals surface area contributed by atoms with Gasteiger partial charge in [-0.2, -0.15) is 0 Å². The van der Waals surface area contributed by atoms with Gasteiger partial charge in [0.05, 0.1) is 5.69 Å². The number of halogens is 1. The van der Waals surface area contributed by atoms with Crippen molar-refractivity contribution in [2.45, 2.75) is 6.54 Å². The first kappa shape index (κ1) is 18.5. The molecule has 0 radical (unpaired) electrons. The number of benzene rings is 2. The molecule has 2 N–H and O–H groups in total. The van der Waals surface area contributed by atoms with Gasteiger partial charge in [0.15, 0.2) is 11.6 Å². The summed E-state index contributed by atoms with van der Waals surface area (Å²) in [5, 5.41) is 12.7. The molecule has 6 heteroatoms. The molecule has 0 aliphatic carbocycles. The first-order chi connectivity index (χ1) is 12.6. The summed E-state index contributed by atoms with van der Waals surface area (Å²) in [4.78, 5) is 4.73. The zero-order valence-electron chi connectivity index (χ0n) is 15.1. The molecule has 0 spiro atoms. The Bertz CT molecular complexity index is 718. The van der Waals surface area contributed by atoms with E-state index in [2.05, 4.69) is 22.2 Å². The molecule has 1 fully saturated rings. The van der Waals surface area contributed by atoms with Crippen LogP contribution in [0.2, 0.25) is 0 Å². The SMILES string of the molecule is CN1CCN(CCOc2ccccc2NCc2cccc(O)c2F)CC1. The van der Waals surface area contributed by atoms with Crippen LogP contribution < -0.4 is 10.1 Å². The van der Waals surface area contributed by atoms with E-state index < -0.39 is 5.82 Å². The fourth-order valence-corrected chi connectivity index (χ4v) is 2.99. The number of phenols is 1. The summed E-state index contributed by atoms with van der Waals surface area (Å²) in [7, 11) is 2.14. The highest BCUT2D eigenvalue weighted by Gasteiger charge is 2.14. The first-order valence-electron chi connectivity index (χ1n) is 8.96. The topological polar surface area (TPSA) is 48.0 Å². The van der Waals surface area contributed by atoms with Crippen molar-refractivity contribution in [3.8, 4) is 11.5 Å². The van der Waals surface area contributed by atoms with Gasteiger partial charge in [0.25, 0.3) is 0 Å². The number of piperazine rings is 1. The number of rotatable bonds is 7. The lowest BCUT2D eigenvalue weighted by molar-refractivity contribution is 0.134. The molecule has 0 unspecified atom stereocenters. The van der Waals surface area contributed by atoms with Gasteiger partial charge in [-0.05, 0) is 25.2 Å². The Morgan fingerprint density at radius 2 is 1.85 bits per heavy atom. The standard InChI is InChI=1S/C20H26FN3O2/c1-23-9-11-24(12-10-23)13-14-26-19-8-3-2-6-17(19)22-15-16-5-4-7-18(25)20(16)21/h2-8,22,25H,9-15H2,1H3. The Morgan fingerprint density at radius 1 is 1.08 bits per heavy atom. The molecule has 0 saturated carbocycles. The number of aromatic hydroxyl groups is 1. The van der Waals surface area contributed by atoms with E-state index in [9.17, 15) is 9.50 Å². The van der Waals surface area contributed by atoms with E-state index in [1.807, 2.05) is 24.3 Å². The zero-order valence-corrected chi connectivity index (χ0v) is 15.1. The van der Waals surface area contributed by atoms with Crippen molar-refractivity contribution in [3.05, 3.63) is 53.8 Å². The summed E-state index contributed by atoms with van der Waals surface area (Å²) in [6.07, 6.45) is 0. The van der Waals surface area contributed by atoms with E-state index in [4.69, 9.17) is 4.74 Å². The number of hydrogen-bond donors (Lipinski definition) is 2. The molecule has 5 nitrogen and oxygen atoms in total. The fraction of sp³-hybridized carbons (Fsp3) is 0.400. The molecule has 1 aliphatic heterocycles. The minimum atomic E-state index is -0.589. The minimum Gasteiger partial charge on any atom is -0.505 e. The molecule has 0 atom stereocenters.